The van der Waals surface area contributed by atoms with Crippen LogP contribution in [0.2, 0.25) is 0 Å². The van der Waals surface area contributed by atoms with E-state index in [0.29, 0.717) is 0 Å². The highest BCUT2D eigenvalue weighted by atomic mass is 16.3. The molecule has 0 spiro atoms. The van der Waals surface area contributed by atoms with Crippen molar-refractivity contribution in [1.82, 2.24) is 0 Å². The predicted octanol–water partition coefficient (Wildman–Crippen LogP) is 2.60. The fraction of sp³-hybridized carbons (Fsp3) is 0.125. The Balaban J connectivity index is 0.000000220. The summed E-state index contributed by atoms with van der Waals surface area (Å²) in [6.45, 7) is 2.66. The minimum Gasteiger partial charge on any atom is -0.508 e. The summed E-state index contributed by atoms with van der Waals surface area (Å²) in [6.07, 6.45) is 0. The van der Waals surface area contributed by atoms with Crippen LogP contribution in [0.15, 0.2) is 36.4 Å². The molecule has 116 valence electrons. The van der Waals surface area contributed by atoms with Crippen molar-refractivity contribution in [2.24, 2.45) is 0 Å². The molecule has 22 heavy (non-hydrogen) atoms. The van der Waals surface area contributed by atoms with Crippen molar-refractivity contribution in [3.63, 3.8) is 0 Å². The van der Waals surface area contributed by atoms with E-state index < -0.39 is 0 Å². The van der Waals surface area contributed by atoms with Gasteiger partial charge in [-0.3, -0.25) is 9.59 Å². The lowest BCUT2D eigenvalue weighted by molar-refractivity contribution is 0.100. The molecule has 0 aliphatic heterocycles. The van der Waals surface area contributed by atoms with Gasteiger partial charge in [0.2, 0.25) is 0 Å². The van der Waals surface area contributed by atoms with E-state index >= 15 is 0 Å². The van der Waals surface area contributed by atoms with Crippen LogP contribution in [-0.4, -0.2) is 32.0 Å². The number of carbonyl (C=O) groups excluding carboxylic acids is 2. The third kappa shape index (κ3) is 4.52. The number of ketones is 2. The van der Waals surface area contributed by atoms with Gasteiger partial charge in [-0.25, -0.2) is 0 Å². The Labute approximate surface area is 126 Å². The maximum Gasteiger partial charge on any atom is 0.163 e. The largest absolute Gasteiger partial charge is 0.508 e. The molecule has 0 bridgehead atoms. The van der Waals surface area contributed by atoms with Gasteiger partial charge in [0.05, 0.1) is 11.1 Å². The summed E-state index contributed by atoms with van der Waals surface area (Å²) in [5.41, 5.74) is 0.287. The Morgan fingerprint density at radius 1 is 0.682 bits per heavy atom. The van der Waals surface area contributed by atoms with Gasteiger partial charge < -0.3 is 20.4 Å². The van der Waals surface area contributed by atoms with Crippen molar-refractivity contribution in [1.29, 1.82) is 0 Å². The summed E-state index contributed by atoms with van der Waals surface area (Å²) in [5.74, 6) is -0.775. The van der Waals surface area contributed by atoms with Crippen LogP contribution in [-0.2, 0) is 0 Å². The van der Waals surface area contributed by atoms with Crippen LogP contribution in [0.3, 0.4) is 0 Å². The van der Waals surface area contributed by atoms with E-state index in [0.717, 1.165) is 0 Å². The van der Waals surface area contributed by atoms with Gasteiger partial charge in [-0.15, -0.1) is 0 Å². The van der Waals surface area contributed by atoms with E-state index in [9.17, 15) is 9.59 Å². The summed E-state index contributed by atoms with van der Waals surface area (Å²) < 4.78 is 0. The van der Waals surface area contributed by atoms with Crippen LogP contribution >= 0.6 is 0 Å². The lowest BCUT2D eigenvalue weighted by Gasteiger charge is -1.99. The molecule has 6 heteroatoms. The molecule has 0 atom stereocenters. The SMILES string of the molecule is CC(=O)c1cc(O)ccc1O.CC(=O)c1cc(O)ccc1O. The highest BCUT2D eigenvalue weighted by Gasteiger charge is 2.06. The standard InChI is InChI=1S/2C8H8O3/c2*1-5(9)7-4-6(10)2-3-8(7)11/h2*2-4,10-11H,1H3. The number of rotatable bonds is 2. The molecule has 0 unspecified atom stereocenters. The number of phenols is 4. The van der Waals surface area contributed by atoms with Crippen molar-refractivity contribution in [3.8, 4) is 23.0 Å². The molecule has 0 fully saturated rings. The Bertz CT molecular complexity index is 644. The van der Waals surface area contributed by atoms with E-state index in [2.05, 4.69) is 0 Å². The zero-order valence-electron chi connectivity index (χ0n) is 12.1. The molecule has 0 aliphatic carbocycles. The van der Waals surface area contributed by atoms with E-state index in [1.807, 2.05) is 0 Å². The highest BCUT2D eigenvalue weighted by Crippen LogP contribution is 2.22. The highest BCUT2D eigenvalue weighted by molar-refractivity contribution is 5.97. The van der Waals surface area contributed by atoms with Crippen molar-refractivity contribution < 1.29 is 30.0 Å². The molecule has 0 saturated carbocycles. The van der Waals surface area contributed by atoms with Gasteiger partial charge in [-0.2, -0.15) is 0 Å². The monoisotopic (exact) mass is 304 g/mol. The number of aromatic hydroxyl groups is 4. The van der Waals surface area contributed by atoms with Crippen LogP contribution in [0, 0.1) is 0 Å². The third-order valence-corrected chi connectivity index (χ3v) is 2.72. The first-order valence-electron chi connectivity index (χ1n) is 6.28. The average Bonchev–Trinajstić information content (AvgIpc) is 2.44. The minimum atomic E-state index is -0.265. The molecule has 6 nitrogen and oxygen atoms in total. The van der Waals surface area contributed by atoms with Gasteiger partial charge in [0.15, 0.2) is 11.6 Å². The van der Waals surface area contributed by atoms with Crippen molar-refractivity contribution in [2.45, 2.75) is 13.8 Å². The van der Waals surface area contributed by atoms with Gasteiger partial charge in [0.1, 0.15) is 23.0 Å². The van der Waals surface area contributed by atoms with Crippen LogP contribution in [0.4, 0.5) is 0 Å². The molecule has 0 aromatic heterocycles. The summed E-state index contributed by atoms with van der Waals surface area (Å²) in [5, 5.41) is 36.0. The lowest BCUT2D eigenvalue weighted by Crippen LogP contribution is -1.91. The maximum atomic E-state index is 10.7. The zero-order valence-corrected chi connectivity index (χ0v) is 12.1. The van der Waals surface area contributed by atoms with E-state index in [-0.39, 0.29) is 45.7 Å². The number of hydrogen-bond acceptors (Lipinski definition) is 6. The number of phenolic OH excluding ortho intramolecular Hbond substituents is 4. The Hall–Kier alpha value is -3.02. The molecule has 0 radical (unpaired) electrons. The molecular weight excluding hydrogens is 288 g/mol. The van der Waals surface area contributed by atoms with Gasteiger partial charge in [0.25, 0.3) is 0 Å². The van der Waals surface area contributed by atoms with Crippen molar-refractivity contribution >= 4 is 11.6 Å². The molecule has 0 aliphatic rings. The van der Waals surface area contributed by atoms with Crippen molar-refractivity contribution in [3.05, 3.63) is 47.5 Å². The second kappa shape index (κ2) is 7.12. The number of benzene rings is 2. The lowest BCUT2D eigenvalue weighted by atomic mass is 10.1. The van der Waals surface area contributed by atoms with Crippen molar-refractivity contribution in [2.75, 3.05) is 0 Å². The number of hydrogen-bond donors (Lipinski definition) is 4. The first kappa shape index (κ1) is 17.0. The summed E-state index contributed by atoms with van der Waals surface area (Å²) in [4.78, 5) is 21.5. The third-order valence-electron chi connectivity index (χ3n) is 2.72. The topological polar surface area (TPSA) is 115 Å². The van der Waals surface area contributed by atoms with E-state index in [1.54, 1.807) is 0 Å². The molecule has 0 heterocycles. The van der Waals surface area contributed by atoms with E-state index in [4.69, 9.17) is 20.4 Å². The fourth-order valence-electron chi connectivity index (χ4n) is 1.61. The van der Waals surface area contributed by atoms with Gasteiger partial charge in [0, 0.05) is 0 Å². The van der Waals surface area contributed by atoms with Crippen LogP contribution in [0.5, 0.6) is 23.0 Å². The van der Waals surface area contributed by atoms with Gasteiger partial charge in [-0.1, -0.05) is 0 Å². The van der Waals surface area contributed by atoms with Gasteiger partial charge in [-0.05, 0) is 50.2 Å². The molecule has 4 N–H and O–H groups in total. The molecule has 2 aromatic rings. The predicted molar refractivity (Wildman–Crippen MR) is 79.6 cm³/mol. The van der Waals surface area contributed by atoms with Crippen LogP contribution < -0.4 is 0 Å². The fourth-order valence-corrected chi connectivity index (χ4v) is 1.61. The van der Waals surface area contributed by atoms with E-state index in [1.165, 1.54) is 50.2 Å². The smallest absolute Gasteiger partial charge is 0.163 e. The summed E-state index contributed by atoms with van der Waals surface area (Å²) >= 11 is 0. The van der Waals surface area contributed by atoms with Gasteiger partial charge >= 0.3 is 0 Å². The summed E-state index contributed by atoms with van der Waals surface area (Å²) in [6, 6.07) is 7.68. The quantitative estimate of drug-likeness (QED) is 0.501. The number of Topliss-reactive ketones (excluding diaryl/α,β-unsaturated/α-hetero) is 2. The Morgan fingerprint density at radius 3 is 1.23 bits per heavy atom. The molecule has 2 aromatic carbocycles. The maximum absolute atomic E-state index is 10.7. The first-order chi connectivity index (χ1) is 10.2. The van der Waals surface area contributed by atoms with Crippen LogP contribution in [0.1, 0.15) is 34.6 Å². The normalized spacial score (nSPS) is 9.55. The Morgan fingerprint density at radius 2 is 1.00 bits per heavy atom. The first-order valence-corrected chi connectivity index (χ1v) is 6.28. The molecular formula is C16H16O6. The second-order valence-electron chi connectivity index (χ2n) is 4.52. The van der Waals surface area contributed by atoms with Crippen LogP contribution in [0.25, 0.3) is 0 Å². The average molecular weight is 304 g/mol. The molecule has 0 saturated heterocycles. The summed E-state index contributed by atoms with van der Waals surface area (Å²) in [7, 11) is 0. The second-order valence-corrected chi connectivity index (χ2v) is 4.52. The number of carbonyl (C=O) groups is 2. The molecule has 0 amide bonds. The zero-order chi connectivity index (χ0) is 16.9. The Kier molecular flexibility index (Phi) is 5.51. The minimum absolute atomic E-state index is 0.0204. The molecule has 2 rings (SSSR count).